The van der Waals surface area contributed by atoms with Crippen LogP contribution < -0.4 is 5.73 Å². The molecule has 0 aliphatic rings. The van der Waals surface area contributed by atoms with Crippen LogP contribution in [0.15, 0.2) is 18.2 Å². The van der Waals surface area contributed by atoms with Crippen LogP contribution in [0.4, 0.5) is 8.78 Å². The van der Waals surface area contributed by atoms with Gasteiger partial charge < -0.3 is 5.73 Å². The minimum absolute atomic E-state index is 0.00111. The SMILES string of the molecule is CC(CN)c1cc(C(F)F)ccc1Cl. The number of halogens is 3. The summed E-state index contributed by atoms with van der Waals surface area (Å²) in [6.45, 7) is 2.25. The number of hydrogen-bond donors (Lipinski definition) is 1. The number of nitrogens with two attached hydrogens (primary N) is 1. The lowest BCUT2D eigenvalue weighted by molar-refractivity contribution is 0.151. The summed E-state index contributed by atoms with van der Waals surface area (Å²) in [4.78, 5) is 0. The molecule has 0 saturated heterocycles. The smallest absolute Gasteiger partial charge is 0.263 e. The molecule has 1 nitrogen and oxygen atoms in total. The number of rotatable bonds is 3. The van der Waals surface area contributed by atoms with E-state index in [1.54, 1.807) is 0 Å². The Morgan fingerprint density at radius 3 is 2.57 bits per heavy atom. The Hall–Kier alpha value is -0.670. The standard InChI is InChI=1S/C10H12ClF2N/c1-6(5-14)8-4-7(10(12)13)2-3-9(8)11/h2-4,6,10H,5,14H2,1H3. The van der Waals surface area contributed by atoms with Crippen molar-refractivity contribution in [3.8, 4) is 0 Å². The fourth-order valence-electron chi connectivity index (χ4n) is 1.20. The maximum absolute atomic E-state index is 12.4. The van der Waals surface area contributed by atoms with Crippen LogP contribution in [-0.4, -0.2) is 6.54 Å². The Kier molecular flexibility index (Phi) is 3.84. The zero-order chi connectivity index (χ0) is 10.7. The van der Waals surface area contributed by atoms with E-state index in [0.717, 1.165) is 0 Å². The van der Waals surface area contributed by atoms with E-state index in [1.807, 2.05) is 6.92 Å². The van der Waals surface area contributed by atoms with Crippen LogP contribution >= 0.6 is 11.6 Å². The summed E-state index contributed by atoms with van der Waals surface area (Å²) in [7, 11) is 0. The molecule has 1 rings (SSSR count). The highest BCUT2D eigenvalue weighted by molar-refractivity contribution is 6.31. The van der Waals surface area contributed by atoms with E-state index in [4.69, 9.17) is 17.3 Å². The second kappa shape index (κ2) is 4.71. The third-order valence-corrected chi connectivity index (χ3v) is 2.50. The molecule has 0 aromatic heterocycles. The summed E-state index contributed by atoms with van der Waals surface area (Å²) in [5, 5.41) is 0.493. The van der Waals surface area contributed by atoms with Crippen molar-refractivity contribution in [1.29, 1.82) is 0 Å². The molecule has 0 bridgehead atoms. The third kappa shape index (κ3) is 2.42. The maximum atomic E-state index is 12.4. The van der Waals surface area contributed by atoms with Gasteiger partial charge in [0.15, 0.2) is 0 Å². The summed E-state index contributed by atoms with van der Waals surface area (Å²) in [5.74, 6) is 0.00111. The van der Waals surface area contributed by atoms with Crippen molar-refractivity contribution >= 4 is 11.6 Å². The average molecular weight is 220 g/mol. The molecule has 0 fully saturated rings. The topological polar surface area (TPSA) is 26.0 Å². The van der Waals surface area contributed by atoms with Gasteiger partial charge in [-0.2, -0.15) is 0 Å². The molecule has 0 saturated carbocycles. The van der Waals surface area contributed by atoms with Gasteiger partial charge in [0.2, 0.25) is 0 Å². The molecule has 78 valence electrons. The molecule has 0 radical (unpaired) electrons. The molecule has 1 unspecified atom stereocenters. The molecule has 1 aromatic rings. The van der Waals surface area contributed by atoms with Crippen LogP contribution in [0.3, 0.4) is 0 Å². The zero-order valence-electron chi connectivity index (χ0n) is 7.81. The highest BCUT2D eigenvalue weighted by Gasteiger charge is 2.13. The van der Waals surface area contributed by atoms with Gasteiger partial charge in [-0.05, 0) is 30.2 Å². The molecule has 0 aliphatic heterocycles. The summed E-state index contributed by atoms with van der Waals surface area (Å²) in [6.07, 6.45) is -2.46. The van der Waals surface area contributed by atoms with Crippen molar-refractivity contribution in [2.45, 2.75) is 19.3 Å². The van der Waals surface area contributed by atoms with Crippen LogP contribution in [0.2, 0.25) is 5.02 Å². The third-order valence-electron chi connectivity index (χ3n) is 2.16. The van der Waals surface area contributed by atoms with E-state index in [1.165, 1.54) is 18.2 Å². The molecule has 1 atom stereocenters. The molecule has 4 heteroatoms. The fraction of sp³-hybridized carbons (Fsp3) is 0.400. The number of alkyl halides is 2. The van der Waals surface area contributed by atoms with Gasteiger partial charge in [0.05, 0.1) is 0 Å². The van der Waals surface area contributed by atoms with E-state index < -0.39 is 6.43 Å². The van der Waals surface area contributed by atoms with E-state index in [2.05, 4.69) is 0 Å². The Morgan fingerprint density at radius 2 is 2.07 bits per heavy atom. The largest absolute Gasteiger partial charge is 0.330 e. The lowest BCUT2D eigenvalue weighted by Crippen LogP contribution is -2.09. The molecular formula is C10H12ClF2N. The second-order valence-electron chi connectivity index (χ2n) is 3.22. The predicted molar refractivity (Wildman–Crippen MR) is 53.9 cm³/mol. The highest BCUT2D eigenvalue weighted by atomic mass is 35.5. The first kappa shape index (κ1) is 11.4. The lowest BCUT2D eigenvalue weighted by Gasteiger charge is -2.12. The Labute approximate surface area is 86.9 Å². The number of benzene rings is 1. The molecule has 2 N–H and O–H groups in total. The first-order chi connectivity index (χ1) is 6.56. The van der Waals surface area contributed by atoms with E-state index in [-0.39, 0.29) is 11.5 Å². The monoisotopic (exact) mass is 219 g/mol. The van der Waals surface area contributed by atoms with Crippen LogP contribution in [0.1, 0.15) is 30.4 Å². The minimum Gasteiger partial charge on any atom is -0.330 e. The van der Waals surface area contributed by atoms with Crippen molar-refractivity contribution < 1.29 is 8.78 Å². The Balaban J connectivity index is 3.08. The molecular weight excluding hydrogens is 208 g/mol. The van der Waals surface area contributed by atoms with Gasteiger partial charge in [0.25, 0.3) is 6.43 Å². The van der Waals surface area contributed by atoms with Crippen molar-refractivity contribution in [3.63, 3.8) is 0 Å². The number of hydrogen-bond acceptors (Lipinski definition) is 1. The van der Waals surface area contributed by atoms with Gasteiger partial charge in [0, 0.05) is 10.6 Å². The zero-order valence-corrected chi connectivity index (χ0v) is 8.56. The van der Waals surface area contributed by atoms with E-state index in [9.17, 15) is 8.78 Å². The average Bonchev–Trinajstić information content (AvgIpc) is 2.17. The van der Waals surface area contributed by atoms with Gasteiger partial charge in [0.1, 0.15) is 0 Å². The van der Waals surface area contributed by atoms with E-state index in [0.29, 0.717) is 17.1 Å². The molecule has 14 heavy (non-hydrogen) atoms. The van der Waals surface area contributed by atoms with Crippen LogP contribution in [0, 0.1) is 0 Å². The Bertz CT molecular complexity index is 315. The summed E-state index contributed by atoms with van der Waals surface area (Å²) < 4.78 is 24.7. The summed E-state index contributed by atoms with van der Waals surface area (Å²) >= 11 is 5.87. The predicted octanol–water partition coefficient (Wildman–Crippen LogP) is 3.34. The Morgan fingerprint density at radius 1 is 1.43 bits per heavy atom. The molecule has 0 aliphatic carbocycles. The normalized spacial score (nSPS) is 13.3. The minimum atomic E-state index is -2.46. The molecule has 0 heterocycles. The van der Waals surface area contributed by atoms with Gasteiger partial charge >= 0.3 is 0 Å². The van der Waals surface area contributed by atoms with Gasteiger partial charge in [-0.25, -0.2) is 8.78 Å². The summed E-state index contributed by atoms with van der Waals surface area (Å²) in [6, 6.07) is 4.24. The fourth-order valence-corrected chi connectivity index (χ4v) is 1.51. The van der Waals surface area contributed by atoms with Gasteiger partial charge in [-0.3, -0.25) is 0 Å². The van der Waals surface area contributed by atoms with Crippen molar-refractivity contribution in [3.05, 3.63) is 34.3 Å². The van der Waals surface area contributed by atoms with Crippen LogP contribution in [0.5, 0.6) is 0 Å². The first-order valence-corrected chi connectivity index (χ1v) is 4.71. The van der Waals surface area contributed by atoms with Crippen molar-refractivity contribution in [2.24, 2.45) is 5.73 Å². The molecule has 0 amide bonds. The summed E-state index contributed by atoms with van der Waals surface area (Å²) in [5.41, 5.74) is 6.13. The molecule has 0 spiro atoms. The lowest BCUT2D eigenvalue weighted by atomic mass is 9.99. The van der Waals surface area contributed by atoms with E-state index >= 15 is 0 Å². The molecule has 1 aromatic carbocycles. The van der Waals surface area contributed by atoms with Crippen LogP contribution in [-0.2, 0) is 0 Å². The second-order valence-corrected chi connectivity index (χ2v) is 3.63. The van der Waals surface area contributed by atoms with Crippen LogP contribution in [0.25, 0.3) is 0 Å². The maximum Gasteiger partial charge on any atom is 0.263 e. The quantitative estimate of drug-likeness (QED) is 0.829. The van der Waals surface area contributed by atoms with Crippen molar-refractivity contribution in [2.75, 3.05) is 6.54 Å². The van der Waals surface area contributed by atoms with Gasteiger partial charge in [-0.15, -0.1) is 0 Å². The van der Waals surface area contributed by atoms with Crippen molar-refractivity contribution in [1.82, 2.24) is 0 Å². The van der Waals surface area contributed by atoms with Gasteiger partial charge in [-0.1, -0.05) is 24.6 Å². The first-order valence-electron chi connectivity index (χ1n) is 4.33. The highest BCUT2D eigenvalue weighted by Crippen LogP contribution is 2.28.